The number of sulfonamides is 1. The van der Waals surface area contributed by atoms with Crippen LogP contribution < -0.4 is 5.14 Å². The fourth-order valence-corrected chi connectivity index (χ4v) is 3.61. The summed E-state index contributed by atoms with van der Waals surface area (Å²) in [6.07, 6.45) is 0.341. The second kappa shape index (κ2) is 6.58. The average Bonchev–Trinajstić information content (AvgIpc) is 2.60. The molecule has 27 heavy (non-hydrogen) atoms. The first-order chi connectivity index (χ1) is 12.5. The minimum atomic E-state index is -4.48. The second-order valence-corrected chi connectivity index (χ2v) is 7.62. The number of alkyl halides is 3. The van der Waals surface area contributed by atoms with Crippen molar-refractivity contribution in [2.75, 3.05) is 6.54 Å². The molecule has 0 aliphatic carbocycles. The number of hydrogen-bond acceptors (Lipinski definition) is 3. The number of benzene rings is 2. The summed E-state index contributed by atoms with van der Waals surface area (Å²) in [6, 6.07) is 7.93. The van der Waals surface area contributed by atoms with Gasteiger partial charge in [0.15, 0.2) is 0 Å². The summed E-state index contributed by atoms with van der Waals surface area (Å²) in [5.41, 5.74) is -1.02. The molecule has 2 N–H and O–H groups in total. The van der Waals surface area contributed by atoms with E-state index in [1.165, 1.54) is 24.4 Å². The van der Waals surface area contributed by atoms with Crippen molar-refractivity contribution in [2.45, 2.75) is 16.5 Å². The minimum Gasteiger partial charge on any atom is -0.292 e. The van der Waals surface area contributed by atoms with Crippen LogP contribution in [0.5, 0.6) is 0 Å². The first-order valence-corrected chi connectivity index (χ1v) is 9.27. The third-order valence-electron chi connectivity index (χ3n) is 4.39. The molecule has 0 saturated carbocycles. The largest absolute Gasteiger partial charge is 0.416 e. The van der Waals surface area contributed by atoms with Crippen LogP contribution in [0.15, 0.2) is 64.5 Å². The van der Waals surface area contributed by atoms with Crippen molar-refractivity contribution in [3.05, 3.63) is 77.1 Å². The highest BCUT2D eigenvalue weighted by Gasteiger charge is 2.35. The number of halogens is 4. The van der Waals surface area contributed by atoms with E-state index in [0.717, 1.165) is 24.3 Å². The molecular formula is C18H14F4N2O2S. The molecule has 1 aliphatic heterocycles. The first kappa shape index (κ1) is 19.2. The van der Waals surface area contributed by atoms with Crippen molar-refractivity contribution in [1.29, 1.82) is 0 Å². The standard InChI is InChI=1S/C18H14F4N2O2S/c19-15-10-14(6-7-16(15)27(23,25)26)17(8-1-9-24-11-17)12-2-4-13(5-3-12)18(20,21)22/h1-10H,11H2,(H2,23,25,26). The van der Waals surface area contributed by atoms with Gasteiger partial charge in [-0.15, -0.1) is 0 Å². The summed E-state index contributed by atoms with van der Waals surface area (Å²) in [4.78, 5) is 3.50. The predicted molar refractivity (Wildman–Crippen MR) is 92.5 cm³/mol. The van der Waals surface area contributed by atoms with Gasteiger partial charge in [0.2, 0.25) is 10.0 Å². The first-order valence-electron chi connectivity index (χ1n) is 7.72. The number of primary sulfonamides is 1. The van der Waals surface area contributed by atoms with Crippen LogP contribution in [0.1, 0.15) is 16.7 Å². The Labute approximate surface area is 153 Å². The molecule has 4 nitrogen and oxygen atoms in total. The zero-order valence-electron chi connectivity index (χ0n) is 13.7. The predicted octanol–water partition coefficient (Wildman–Crippen LogP) is 3.42. The molecule has 0 aromatic heterocycles. The summed E-state index contributed by atoms with van der Waals surface area (Å²) in [5.74, 6) is -1.04. The van der Waals surface area contributed by atoms with Crippen LogP contribution in [0.2, 0.25) is 0 Å². The van der Waals surface area contributed by atoms with Crippen molar-refractivity contribution in [1.82, 2.24) is 0 Å². The fourth-order valence-electron chi connectivity index (χ4n) is 3.02. The smallest absolute Gasteiger partial charge is 0.292 e. The van der Waals surface area contributed by atoms with Crippen LogP contribution in [-0.4, -0.2) is 21.2 Å². The van der Waals surface area contributed by atoms with Gasteiger partial charge in [-0.2, -0.15) is 13.2 Å². The second-order valence-electron chi connectivity index (χ2n) is 6.09. The molecule has 0 fully saturated rings. The van der Waals surface area contributed by atoms with Crippen LogP contribution in [0.25, 0.3) is 0 Å². The third-order valence-corrected chi connectivity index (χ3v) is 5.34. The fraction of sp³-hybridized carbons (Fsp3) is 0.167. The molecule has 142 valence electrons. The molecule has 2 aromatic carbocycles. The van der Waals surface area contributed by atoms with Crippen molar-refractivity contribution < 1.29 is 26.0 Å². The molecule has 0 saturated heterocycles. The van der Waals surface area contributed by atoms with E-state index < -0.39 is 37.9 Å². The lowest BCUT2D eigenvalue weighted by atomic mass is 9.73. The number of nitrogens with two attached hydrogens (primary N) is 1. The molecule has 1 heterocycles. The van der Waals surface area contributed by atoms with Gasteiger partial charge < -0.3 is 0 Å². The molecule has 0 radical (unpaired) electrons. The molecule has 2 aromatic rings. The highest BCUT2D eigenvalue weighted by atomic mass is 32.2. The van der Waals surface area contributed by atoms with E-state index in [0.29, 0.717) is 11.1 Å². The molecule has 9 heteroatoms. The quantitative estimate of drug-likeness (QED) is 0.805. The zero-order chi connectivity index (χ0) is 19.9. The summed E-state index contributed by atoms with van der Waals surface area (Å²) in [6.45, 7) is 0.128. The zero-order valence-corrected chi connectivity index (χ0v) is 14.6. The average molecular weight is 398 g/mol. The van der Waals surface area contributed by atoms with Gasteiger partial charge in [0.05, 0.1) is 17.5 Å². The van der Waals surface area contributed by atoms with Gasteiger partial charge in [0.25, 0.3) is 0 Å². The van der Waals surface area contributed by atoms with Gasteiger partial charge in [0.1, 0.15) is 10.7 Å². The van der Waals surface area contributed by atoms with Crippen LogP contribution in [-0.2, 0) is 21.6 Å². The Bertz CT molecular complexity index is 1030. The van der Waals surface area contributed by atoms with Gasteiger partial charge >= 0.3 is 6.18 Å². The van der Waals surface area contributed by atoms with Gasteiger partial charge in [-0.05, 0) is 41.5 Å². The third kappa shape index (κ3) is 3.65. The summed E-state index contributed by atoms with van der Waals surface area (Å²) >= 11 is 0. The van der Waals surface area contributed by atoms with Gasteiger partial charge in [-0.1, -0.05) is 24.3 Å². The van der Waals surface area contributed by atoms with Crippen molar-refractivity contribution in [3.8, 4) is 0 Å². The van der Waals surface area contributed by atoms with E-state index in [4.69, 9.17) is 5.14 Å². The number of nitrogens with zero attached hydrogens (tertiary/aromatic N) is 1. The van der Waals surface area contributed by atoms with Crippen molar-refractivity contribution in [3.63, 3.8) is 0 Å². The number of hydrogen-bond donors (Lipinski definition) is 1. The van der Waals surface area contributed by atoms with Crippen LogP contribution in [0.3, 0.4) is 0 Å². The summed E-state index contributed by atoms with van der Waals surface area (Å²) in [7, 11) is -4.24. The highest BCUT2D eigenvalue weighted by molar-refractivity contribution is 7.89. The maximum absolute atomic E-state index is 14.3. The molecule has 3 rings (SSSR count). The van der Waals surface area contributed by atoms with Gasteiger partial charge in [-0.25, -0.2) is 17.9 Å². The Morgan fingerprint density at radius 3 is 2.15 bits per heavy atom. The minimum absolute atomic E-state index is 0.128. The number of dihydropyridines is 1. The molecular weight excluding hydrogens is 384 g/mol. The van der Waals surface area contributed by atoms with E-state index in [1.54, 1.807) is 12.2 Å². The lowest BCUT2D eigenvalue weighted by Gasteiger charge is -2.32. The molecule has 0 amide bonds. The van der Waals surface area contributed by atoms with Crippen LogP contribution in [0, 0.1) is 5.82 Å². The monoisotopic (exact) mass is 398 g/mol. The lowest BCUT2D eigenvalue weighted by Crippen LogP contribution is -2.31. The lowest BCUT2D eigenvalue weighted by molar-refractivity contribution is -0.137. The molecule has 1 aliphatic rings. The Morgan fingerprint density at radius 2 is 1.67 bits per heavy atom. The summed E-state index contributed by atoms with van der Waals surface area (Å²) in [5, 5.41) is 4.98. The van der Waals surface area contributed by atoms with E-state index in [-0.39, 0.29) is 6.54 Å². The SMILES string of the molecule is NS(=O)(=O)c1ccc(C2(c3ccc(C(F)(F)F)cc3)C=CC=NC2)cc1F. The maximum atomic E-state index is 14.3. The molecule has 0 bridgehead atoms. The van der Waals surface area contributed by atoms with Crippen LogP contribution in [0.4, 0.5) is 17.6 Å². The van der Waals surface area contributed by atoms with Gasteiger partial charge in [-0.3, -0.25) is 4.99 Å². The Balaban J connectivity index is 2.14. The highest BCUT2D eigenvalue weighted by Crippen LogP contribution is 2.38. The molecule has 1 unspecified atom stereocenters. The molecule has 0 spiro atoms. The van der Waals surface area contributed by atoms with E-state index >= 15 is 0 Å². The Kier molecular flexibility index (Phi) is 4.69. The van der Waals surface area contributed by atoms with Crippen molar-refractivity contribution in [2.24, 2.45) is 10.1 Å². The van der Waals surface area contributed by atoms with E-state index in [1.807, 2.05) is 0 Å². The van der Waals surface area contributed by atoms with E-state index in [9.17, 15) is 26.0 Å². The summed E-state index contributed by atoms with van der Waals surface area (Å²) < 4.78 is 75.7. The number of aliphatic imine (C=N–C) groups is 1. The van der Waals surface area contributed by atoms with Gasteiger partial charge in [0, 0.05) is 6.21 Å². The van der Waals surface area contributed by atoms with Crippen molar-refractivity contribution >= 4 is 16.2 Å². The topological polar surface area (TPSA) is 72.5 Å². The Hall–Kier alpha value is -2.52. The maximum Gasteiger partial charge on any atom is 0.416 e. The number of allylic oxidation sites excluding steroid dienone is 1. The molecule has 1 atom stereocenters. The van der Waals surface area contributed by atoms with E-state index in [2.05, 4.69) is 4.99 Å². The normalized spacial score (nSPS) is 20.0. The number of rotatable bonds is 3. The Morgan fingerprint density at radius 1 is 1.04 bits per heavy atom. The van der Waals surface area contributed by atoms with Crippen LogP contribution >= 0.6 is 0 Å².